The Morgan fingerprint density at radius 2 is 2.24 bits per heavy atom. The van der Waals surface area contributed by atoms with Crippen LogP contribution in [0.15, 0.2) is 29.2 Å². The summed E-state index contributed by atoms with van der Waals surface area (Å²) in [6, 6.07) is 5.19. The van der Waals surface area contributed by atoms with E-state index in [1.54, 1.807) is 11.0 Å². The summed E-state index contributed by atoms with van der Waals surface area (Å²) in [4.78, 5) is 14.4. The fraction of sp³-hybridized carbons (Fsp3) is 0.500. The van der Waals surface area contributed by atoms with Crippen LogP contribution in [0.2, 0.25) is 0 Å². The Hall–Kier alpha value is -1.21. The van der Waals surface area contributed by atoms with E-state index >= 15 is 0 Å². The molecular formula is C14H17F3N2OS. The number of halogens is 3. The summed E-state index contributed by atoms with van der Waals surface area (Å²) in [5, 5.41) is 3.19. The predicted molar refractivity (Wildman–Crippen MR) is 76.2 cm³/mol. The van der Waals surface area contributed by atoms with Crippen LogP contribution in [0.25, 0.3) is 0 Å². The molecule has 1 aromatic carbocycles. The number of hydrogen-bond acceptors (Lipinski definition) is 3. The number of nitrogens with zero attached hydrogens (tertiary/aromatic N) is 1. The molecule has 1 heterocycles. The smallest absolute Gasteiger partial charge is 0.337 e. The summed E-state index contributed by atoms with van der Waals surface area (Å²) >= 11 is 1.14. The second-order valence-electron chi connectivity index (χ2n) is 4.95. The van der Waals surface area contributed by atoms with Crippen LogP contribution in [0.5, 0.6) is 0 Å². The fourth-order valence-corrected chi connectivity index (χ4v) is 3.04. The molecule has 2 rings (SSSR count). The molecule has 1 amide bonds. The quantitative estimate of drug-likeness (QED) is 0.870. The highest BCUT2D eigenvalue weighted by atomic mass is 32.2. The van der Waals surface area contributed by atoms with Gasteiger partial charge in [0.15, 0.2) is 0 Å². The van der Waals surface area contributed by atoms with E-state index < -0.39 is 11.7 Å². The van der Waals surface area contributed by atoms with Crippen LogP contribution in [-0.4, -0.2) is 42.2 Å². The SMILES string of the molecule is CC1CNCCN1C(=O)CSc1cccc(C(F)(F)F)c1. The Balaban J connectivity index is 1.95. The van der Waals surface area contributed by atoms with Crippen LogP contribution in [0.4, 0.5) is 13.2 Å². The van der Waals surface area contributed by atoms with Crippen molar-refractivity contribution in [3.05, 3.63) is 29.8 Å². The molecule has 1 saturated heterocycles. The number of amides is 1. The molecule has 1 aliphatic heterocycles. The Morgan fingerprint density at radius 1 is 1.48 bits per heavy atom. The molecule has 1 atom stereocenters. The van der Waals surface area contributed by atoms with Gasteiger partial charge in [0.25, 0.3) is 0 Å². The second-order valence-corrected chi connectivity index (χ2v) is 6.00. The number of rotatable bonds is 3. The molecular weight excluding hydrogens is 301 g/mol. The Kier molecular flexibility index (Phi) is 5.16. The lowest BCUT2D eigenvalue weighted by Gasteiger charge is -2.34. The molecule has 1 aliphatic rings. The van der Waals surface area contributed by atoms with Gasteiger partial charge >= 0.3 is 6.18 Å². The van der Waals surface area contributed by atoms with Gasteiger partial charge in [-0.25, -0.2) is 0 Å². The van der Waals surface area contributed by atoms with E-state index in [1.807, 2.05) is 6.92 Å². The number of piperazine rings is 1. The zero-order valence-corrected chi connectivity index (χ0v) is 12.4. The molecule has 0 aromatic heterocycles. The van der Waals surface area contributed by atoms with Crippen molar-refractivity contribution in [2.75, 3.05) is 25.4 Å². The first-order chi connectivity index (χ1) is 9.88. The van der Waals surface area contributed by atoms with Gasteiger partial charge < -0.3 is 10.2 Å². The summed E-state index contributed by atoms with van der Waals surface area (Å²) in [5.41, 5.74) is -0.685. The summed E-state index contributed by atoms with van der Waals surface area (Å²) in [7, 11) is 0. The highest BCUT2D eigenvalue weighted by Gasteiger charge is 2.30. The number of nitrogens with one attached hydrogen (secondary N) is 1. The van der Waals surface area contributed by atoms with Crippen LogP contribution in [-0.2, 0) is 11.0 Å². The van der Waals surface area contributed by atoms with Crippen LogP contribution >= 0.6 is 11.8 Å². The van der Waals surface area contributed by atoms with Gasteiger partial charge in [-0.3, -0.25) is 4.79 Å². The monoisotopic (exact) mass is 318 g/mol. The van der Waals surface area contributed by atoms with E-state index in [2.05, 4.69) is 5.32 Å². The maximum atomic E-state index is 12.6. The van der Waals surface area contributed by atoms with Crippen molar-refractivity contribution in [2.24, 2.45) is 0 Å². The molecule has 1 fully saturated rings. The average Bonchev–Trinajstić information content (AvgIpc) is 2.45. The van der Waals surface area contributed by atoms with Gasteiger partial charge in [0.2, 0.25) is 5.91 Å². The molecule has 1 N–H and O–H groups in total. The minimum atomic E-state index is -4.35. The second kappa shape index (κ2) is 6.70. The molecule has 7 heteroatoms. The van der Waals surface area contributed by atoms with Crippen molar-refractivity contribution < 1.29 is 18.0 Å². The van der Waals surface area contributed by atoms with Crippen molar-refractivity contribution in [2.45, 2.75) is 24.0 Å². The highest BCUT2D eigenvalue weighted by Crippen LogP contribution is 2.31. The van der Waals surface area contributed by atoms with Crippen molar-refractivity contribution in [1.82, 2.24) is 10.2 Å². The van der Waals surface area contributed by atoms with E-state index in [0.717, 1.165) is 37.0 Å². The van der Waals surface area contributed by atoms with E-state index in [9.17, 15) is 18.0 Å². The zero-order chi connectivity index (χ0) is 15.5. The lowest BCUT2D eigenvalue weighted by atomic mass is 10.2. The van der Waals surface area contributed by atoms with Crippen LogP contribution in [0.3, 0.4) is 0 Å². The maximum Gasteiger partial charge on any atom is 0.416 e. The topological polar surface area (TPSA) is 32.3 Å². The molecule has 0 aliphatic carbocycles. The van der Waals surface area contributed by atoms with Gasteiger partial charge in [-0.15, -0.1) is 11.8 Å². The normalized spacial score (nSPS) is 19.6. The molecule has 21 heavy (non-hydrogen) atoms. The lowest BCUT2D eigenvalue weighted by Crippen LogP contribution is -2.52. The molecule has 0 bridgehead atoms. The van der Waals surface area contributed by atoms with Gasteiger partial charge in [-0.1, -0.05) is 6.07 Å². The summed E-state index contributed by atoms with van der Waals surface area (Å²) in [6.07, 6.45) is -4.35. The number of carbonyl (C=O) groups excluding carboxylic acids is 1. The standard InChI is InChI=1S/C14H17F3N2OS/c1-10-8-18-5-6-19(10)13(20)9-21-12-4-2-3-11(7-12)14(15,16)17/h2-4,7,10,18H,5-6,8-9H2,1H3. The first-order valence-electron chi connectivity index (χ1n) is 6.68. The molecule has 0 radical (unpaired) electrons. The fourth-order valence-electron chi connectivity index (χ4n) is 2.20. The minimum Gasteiger partial charge on any atom is -0.337 e. The highest BCUT2D eigenvalue weighted by molar-refractivity contribution is 8.00. The third-order valence-electron chi connectivity index (χ3n) is 3.35. The molecule has 1 aromatic rings. The summed E-state index contributed by atoms with van der Waals surface area (Å²) in [6.45, 7) is 4.10. The van der Waals surface area contributed by atoms with Gasteiger partial charge in [-0.2, -0.15) is 13.2 Å². The molecule has 3 nitrogen and oxygen atoms in total. The summed E-state index contributed by atoms with van der Waals surface area (Å²) in [5.74, 6) is 0.123. The Bertz CT molecular complexity index is 507. The van der Waals surface area contributed by atoms with E-state index in [-0.39, 0.29) is 17.7 Å². The van der Waals surface area contributed by atoms with E-state index in [1.165, 1.54) is 6.07 Å². The van der Waals surface area contributed by atoms with Crippen LogP contribution in [0.1, 0.15) is 12.5 Å². The molecule has 116 valence electrons. The van der Waals surface area contributed by atoms with Gasteiger partial charge in [0.1, 0.15) is 0 Å². The van der Waals surface area contributed by atoms with Gasteiger partial charge in [-0.05, 0) is 25.1 Å². The van der Waals surface area contributed by atoms with Crippen LogP contribution in [0, 0.1) is 0 Å². The van der Waals surface area contributed by atoms with Crippen molar-refractivity contribution in [3.63, 3.8) is 0 Å². The number of hydrogen-bond donors (Lipinski definition) is 1. The average molecular weight is 318 g/mol. The van der Waals surface area contributed by atoms with Crippen molar-refractivity contribution in [1.29, 1.82) is 0 Å². The third-order valence-corrected chi connectivity index (χ3v) is 4.32. The Labute approximate surface area is 125 Å². The minimum absolute atomic E-state index is 0.0357. The maximum absolute atomic E-state index is 12.6. The largest absolute Gasteiger partial charge is 0.416 e. The molecule has 0 saturated carbocycles. The van der Waals surface area contributed by atoms with Crippen LogP contribution < -0.4 is 5.32 Å². The zero-order valence-electron chi connectivity index (χ0n) is 11.6. The predicted octanol–water partition coefficient (Wildman–Crippen LogP) is 2.62. The number of benzene rings is 1. The lowest BCUT2D eigenvalue weighted by molar-refractivity contribution is -0.137. The summed E-state index contributed by atoms with van der Waals surface area (Å²) < 4.78 is 37.9. The number of carbonyl (C=O) groups is 1. The first kappa shape index (κ1) is 16.2. The first-order valence-corrected chi connectivity index (χ1v) is 7.67. The van der Waals surface area contributed by atoms with Crippen molar-refractivity contribution >= 4 is 17.7 Å². The molecule has 0 spiro atoms. The van der Waals surface area contributed by atoms with Gasteiger partial charge in [0, 0.05) is 30.6 Å². The third kappa shape index (κ3) is 4.38. The van der Waals surface area contributed by atoms with Gasteiger partial charge in [0.05, 0.1) is 11.3 Å². The number of alkyl halides is 3. The molecule has 1 unspecified atom stereocenters. The number of thioether (sulfide) groups is 1. The van der Waals surface area contributed by atoms with E-state index in [0.29, 0.717) is 11.4 Å². The van der Waals surface area contributed by atoms with Crippen molar-refractivity contribution in [3.8, 4) is 0 Å². The Morgan fingerprint density at radius 3 is 2.90 bits per heavy atom. The van der Waals surface area contributed by atoms with E-state index in [4.69, 9.17) is 0 Å².